The normalized spacial score (nSPS) is 10.5. The molecule has 1 heterocycles. The van der Waals surface area contributed by atoms with E-state index in [1.54, 1.807) is 17.5 Å². The molecular weight excluding hydrogens is 158 g/mol. The maximum atomic E-state index is 5.36. The first kappa shape index (κ1) is 8.53. The van der Waals surface area contributed by atoms with E-state index >= 15 is 0 Å². The first-order valence-electron chi connectivity index (χ1n) is 3.81. The van der Waals surface area contributed by atoms with Gasteiger partial charge in [0.15, 0.2) is 0 Å². The van der Waals surface area contributed by atoms with Gasteiger partial charge >= 0.3 is 0 Å². The Kier molecular flexibility index (Phi) is 3.36. The number of nitrogens with zero attached hydrogens (tertiary/aromatic N) is 1. The Bertz CT molecular complexity index is 184. The van der Waals surface area contributed by atoms with Crippen LogP contribution in [0, 0.1) is 5.92 Å². The highest BCUT2D eigenvalue weighted by molar-refractivity contribution is 7.11. The molecule has 0 atom stereocenters. The van der Waals surface area contributed by atoms with Gasteiger partial charge in [0, 0.05) is 11.6 Å². The molecule has 1 aromatic heterocycles. The number of thiazole rings is 1. The van der Waals surface area contributed by atoms with Gasteiger partial charge in [-0.2, -0.15) is 0 Å². The topological polar surface area (TPSA) is 22.1 Å². The molecule has 3 heteroatoms. The second-order valence-corrected chi connectivity index (χ2v) is 3.69. The van der Waals surface area contributed by atoms with Gasteiger partial charge in [-0.1, -0.05) is 25.2 Å². The van der Waals surface area contributed by atoms with Crippen LogP contribution in [0.15, 0.2) is 11.6 Å². The third-order valence-electron chi connectivity index (χ3n) is 1.33. The highest BCUT2D eigenvalue weighted by Gasteiger charge is 1.96. The van der Waals surface area contributed by atoms with E-state index in [9.17, 15) is 0 Å². The van der Waals surface area contributed by atoms with Crippen LogP contribution in [0.5, 0.6) is 5.19 Å². The molecular formula is C8H13NOS. The summed E-state index contributed by atoms with van der Waals surface area (Å²) in [5.41, 5.74) is 0. The number of aromatic nitrogens is 1. The lowest BCUT2D eigenvalue weighted by atomic mass is 10.1. The maximum absolute atomic E-state index is 5.36. The monoisotopic (exact) mass is 171 g/mol. The fourth-order valence-electron chi connectivity index (χ4n) is 0.664. The minimum Gasteiger partial charge on any atom is -0.470 e. The van der Waals surface area contributed by atoms with Gasteiger partial charge in [-0.05, 0) is 12.3 Å². The van der Waals surface area contributed by atoms with Gasteiger partial charge in [0.2, 0.25) is 0 Å². The zero-order chi connectivity index (χ0) is 8.10. The number of ether oxygens (including phenoxy) is 1. The molecule has 0 radical (unpaired) electrons. The first-order chi connectivity index (χ1) is 5.29. The lowest BCUT2D eigenvalue weighted by Gasteiger charge is -2.03. The van der Waals surface area contributed by atoms with Gasteiger partial charge in [0.1, 0.15) is 0 Å². The summed E-state index contributed by atoms with van der Waals surface area (Å²) in [4.78, 5) is 4.01. The van der Waals surface area contributed by atoms with Crippen molar-refractivity contribution in [2.75, 3.05) is 6.61 Å². The molecule has 0 aromatic carbocycles. The van der Waals surface area contributed by atoms with Crippen molar-refractivity contribution in [1.82, 2.24) is 4.98 Å². The van der Waals surface area contributed by atoms with E-state index in [0.29, 0.717) is 5.92 Å². The molecule has 1 aromatic rings. The molecule has 0 unspecified atom stereocenters. The fraction of sp³-hybridized carbons (Fsp3) is 0.625. The van der Waals surface area contributed by atoms with E-state index in [1.165, 1.54) is 0 Å². The van der Waals surface area contributed by atoms with Crippen molar-refractivity contribution < 1.29 is 4.74 Å². The van der Waals surface area contributed by atoms with Gasteiger partial charge in [-0.25, -0.2) is 4.98 Å². The molecule has 0 fully saturated rings. The third-order valence-corrected chi connectivity index (χ3v) is 2.01. The summed E-state index contributed by atoms with van der Waals surface area (Å²) in [5.74, 6) is 0.704. The molecule has 0 aliphatic carbocycles. The number of hydrogen-bond acceptors (Lipinski definition) is 3. The molecule has 0 bridgehead atoms. The molecule has 0 saturated carbocycles. The van der Waals surface area contributed by atoms with Gasteiger partial charge in [0.25, 0.3) is 5.19 Å². The van der Waals surface area contributed by atoms with E-state index in [-0.39, 0.29) is 0 Å². The van der Waals surface area contributed by atoms with Crippen LogP contribution < -0.4 is 4.74 Å². The Labute approximate surface area is 71.2 Å². The molecule has 62 valence electrons. The molecule has 0 N–H and O–H groups in total. The summed E-state index contributed by atoms with van der Waals surface area (Å²) in [6.07, 6.45) is 2.86. The van der Waals surface area contributed by atoms with Gasteiger partial charge in [0.05, 0.1) is 6.61 Å². The van der Waals surface area contributed by atoms with Crippen LogP contribution in [-0.2, 0) is 0 Å². The van der Waals surface area contributed by atoms with Gasteiger partial charge in [-0.3, -0.25) is 0 Å². The Morgan fingerprint density at radius 2 is 2.45 bits per heavy atom. The van der Waals surface area contributed by atoms with Crippen molar-refractivity contribution in [3.05, 3.63) is 11.6 Å². The van der Waals surface area contributed by atoms with Crippen LogP contribution >= 0.6 is 11.3 Å². The van der Waals surface area contributed by atoms with Crippen LogP contribution in [0.25, 0.3) is 0 Å². The Morgan fingerprint density at radius 3 is 3.00 bits per heavy atom. The highest BCUT2D eigenvalue weighted by Crippen LogP contribution is 2.14. The van der Waals surface area contributed by atoms with Crippen molar-refractivity contribution in [3.8, 4) is 5.19 Å². The molecule has 0 amide bonds. The van der Waals surface area contributed by atoms with Crippen LogP contribution in [0.3, 0.4) is 0 Å². The van der Waals surface area contributed by atoms with Crippen LogP contribution in [-0.4, -0.2) is 11.6 Å². The Hall–Kier alpha value is -0.570. The van der Waals surface area contributed by atoms with Crippen LogP contribution in [0.1, 0.15) is 20.3 Å². The average molecular weight is 171 g/mol. The number of hydrogen-bond donors (Lipinski definition) is 0. The first-order valence-corrected chi connectivity index (χ1v) is 4.69. The average Bonchev–Trinajstić information content (AvgIpc) is 2.39. The largest absolute Gasteiger partial charge is 0.470 e. The minimum atomic E-state index is 0.704. The summed E-state index contributed by atoms with van der Waals surface area (Å²) in [6.45, 7) is 5.15. The van der Waals surface area contributed by atoms with E-state index in [2.05, 4.69) is 18.8 Å². The molecule has 0 aliphatic rings. The standard InChI is InChI=1S/C8H13NOS/c1-7(2)3-5-10-8-9-4-6-11-8/h4,6-7H,3,5H2,1-2H3. The van der Waals surface area contributed by atoms with E-state index < -0.39 is 0 Å². The van der Waals surface area contributed by atoms with Crippen LogP contribution in [0.4, 0.5) is 0 Å². The quantitative estimate of drug-likeness (QED) is 0.694. The molecule has 0 spiro atoms. The van der Waals surface area contributed by atoms with Crippen molar-refractivity contribution in [2.45, 2.75) is 20.3 Å². The molecule has 0 saturated heterocycles. The third kappa shape index (κ3) is 3.37. The van der Waals surface area contributed by atoms with Crippen molar-refractivity contribution in [2.24, 2.45) is 5.92 Å². The smallest absolute Gasteiger partial charge is 0.273 e. The van der Waals surface area contributed by atoms with Gasteiger partial charge in [-0.15, -0.1) is 0 Å². The van der Waals surface area contributed by atoms with E-state index in [4.69, 9.17) is 4.74 Å². The summed E-state index contributed by atoms with van der Waals surface area (Å²) < 4.78 is 5.36. The van der Waals surface area contributed by atoms with E-state index in [0.717, 1.165) is 18.2 Å². The fourth-order valence-corrected chi connectivity index (χ4v) is 1.17. The van der Waals surface area contributed by atoms with Crippen molar-refractivity contribution in [1.29, 1.82) is 0 Å². The second-order valence-electron chi connectivity index (χ2n) is 2.83. The van der Waals surface area contributed by atoms with E-state index in [1.807, 2.05) is 5.38 Å². The zero-order valence-electron chi connectivity index (χ0n) is 6.91. The molecule has 1 rings (SSSR count). The number of rotatable bonds is 4. The Balaban J connectivity index is 2.14. The Morgan fingerprint density at radius 1 is 1.64 bits per heavy atom. The van der Waals surface area contributed by atoms with Crippen molar-refractivity contribution >= 4 is 11.3 Å². The predicted molar refractivity (Wildman–Crippen MR) is 47.1 cm³/mol. The SMILES string of the molecule is CC(C)CCOc1nccs1. The maximum Gasteiger partial charge on any atom is 0.273 e. The molecule has 11 heavy (non-hydrogen) atoms. The minimum absolute atomic E-state index is 0.704. The summed E-state index contributed by atoms with van der Waals surface area (Å²) in [6, 6.07) is 0. The lowest BCUT2D eigenvalue weighted by Crippen LogP contribution is -2.00. The highest BCUT2D eigenvalue weighted by atomic mass is 32.1. The summed E-state index contributed by atoms with van der Waals surface area (Å²) in [5, 5.41) is 2.70. The second kappa shape index (κ2) is 4.34. The predicted octanol–water partition coefficient (Wildman–Crippen LogP) is 2.57. The molecule has 0 aliphatic heterocycles. The van der Waals surface area contributed by atoms with Gasteiger partial charge < -0.3 is 4.74 Å². The molecule has 2 nitrogen and oxygen atoms in total. The summed E-state index contributed by atoms with van der Waals surface area (Å²) >= 11 is 1.54. The summed E-state index contributed by atoms with van der Waals surface area (Å²) in [7, 11) is 0. The van der Waals surface area contributed by atoms with Crippen LogP contribution in [0.2, 0.25) is 0 Å². The van der Waals surface area contributed by atoms with Crippen molar-refractivity contribution in [3.63, 3.8) is 0 Å². The lowest BCUT2D eigenvalue weighted by molar-refractivity contribution is 0.288. The zero-order valence-corrected chi connectivity index (χ0v) is 7.73.